The van der Waals surface area contributed by atoms with E-state index in [0.29, 0.717) is 40.6 Å². The number of amides is 1. The van der Waals surface area contributed by atoms with E-state index >= 15 is 0 Å². The zero-order valence-corrected chi connectivity index (χ0v) is 20.2. The van der Waals surface area contributed by atoms with E-state index in [4.69, 9.17) is 9.47 Å². The number of hydrogen-bond acceptors (Lipinski definition) is 7. The van der Waals surface area contributed by atoms with Crippen molar-refractivity contribution in [1.82, 2.24) is 0 Å². The topological polar surface area (TPSA) is 137 Å². The van der Waals surface area contributed by atoms with Gasteiger partial charge in [0.05, 0.1) is 27.7 Å². The van der Waals surface area contributed by atoms with Crippen molar-refractivity contribution in [3.8, 4) is 11.5 Å². The van der Waals surface area contributed by atoms with E-state index in [1.807, 2.05) is 6.92 Å². The van der Waals surface area contributed by atoms with Crippen molar-refractivity contribution in [2.75, 3.05) is 23.3 Å². The van der Waals surface area contributed by atoms with Crippen LogP contribution in [0.2, 0.25) is 0 Å². The van der Waals surface area contributed by atoms with Gasteiger partial charge in [-0.25, -0.2) is 8.42 Å². The molecule has 11 heteroatoms. The molecule has 35 heavy (non-hydrogen) atoms. The maximum Gasteiger partial charge on any atom is 0.274 e. The first-order chi connectivity index (χ1) is 16.6. The van der Waals surface area contributed by atoms with Crippen LogP contribution in [-0.2, 0) is 14.8 Å². The first-order valence-corrected chi connectivity index (χ1v) is 12.1. The summed E-state index contributed by atoms with van der Waals surface area (Å²) in [6, 6.07) is 15.2. The lowest BCUT2D eigenvalue weighted by atomic mass is 10.1. The lowest BCUT2D eigenvalue weighted by molar-refractivity contribution is -0.385. The van der Waals surface area contributed by atoms with E-state index in [9.17, 15) is 23.3 Å². The van der Waals surface area contributed by atoms with Crippen LogP contribution in [0.1, 0.15) is 18.1 Å². The van der Waals surface area contributed by atoms with Crippen LogP contribution in [0.3, 0.4) is 0 Å². The molecule has 0 aromatic heterocycles. The molecular formula is C24H25N3O7S. The monoisotopic (exact) mass is 499 g/mol. The van der Waals surface area contributed by atoms with Gasteiger partial charge in [0.25, 0.3) is 21.6 Å². The summed E-state index contributed by atoms with van der Waals surface area (Å²) in [5, 5.41) is 13.6. The average Bonchev–Trinajstić information content (AvgIpc) is 2.80. The van der Waals surface area contributed by atoms with Gasteiger partial charge in [-0.05, 0) is 74.9 Å². The highest BCUT2D eigenvalue weighted by molar-refractivity contribution is 7.92. The fourth-order valence-corrected chi connectivity index (χ4v) is 4.38. The fourth-order valence-electron chi connectivity index (χ4n) is 3.24. The van der Waals surface area contributed by atoms with Crippen LogP contribution in [-0.4, -0.2) is 32.5 Å². The molecular weight excluding hydrogens is 474 g/mol. The van der Waals surface area contributed by atoms with Crippen LogP contribution in [0.15, 0.2) is 65.6 Å². The van der Waals surface area contributed by atoms with E-state index in [2.05, 4.69) is 10.0 Å². The maximum atomic E-state index is 12.8. The summed E-state index contributed by atoms with van der Waals surface area (Å²) in [7, 11) is -3.85. The Bertz CT molecular complexity index is 1340. The smallest absolute Gasteiger partial charge is 0.274 e. The number of anilines is 2. The molecule has 0 aliphatic rings. The second-order valence-corrected chi connectivity index (χ2v) is 9.22. The molecule has 0 heterocycles. The van der Waals surface area contributed by atoms with Gasteiger partial charge in [-0.3, -0.25) is 19.6 Å². The number of nitro benzene ring substituents is 1. The van der Waals surface area contributed by atoms with Crippen LogP contribution >= 0.6 is 0 Å². The van der Waals surface area contributed by atoms with Crippen LogP contribution in [0.5, 0.6) is 11.5 Å². The summed E-state index contributed by atoms with van der Waals surface area (Å²) in [5.74, 6) is 0.454. The standard InChI is InChI=1S/C24H25N3O7S/c1-4-33-19-10-8-18(9-11-19)26-35(31,32)20-12-13-23(16(2)14-20)34-15-24(28)25-21-6-5-7-22(17(21)3)27(29)30/h5-14,26H,4,15H2,1-3H3,(H,25,28). The van der Waals surface area contributed by atoms with E-state index in [1.54, 1.807) is 44.2 Å². The van der Waals surface area contributed by atoms with Gasteiger partial charge in [0.1, 0.15) is 11.5 Å². The zero-order chi connectivity index (χ0) is 25.6. The number of sulfonamides is 1. The number of nitro groups is 1. The van der Waals surface area contributed by atoms with Crippen LogP contribution in [0.4, 0.5) is 17.1 Å². The maximum absolute atomic E-state index is 12.8. The zero-order valence-electron chi connectivity index (χ0n) is 19.4. The van der Waals surface area contributed by atoms with Gasteiger partial charge in [0.15, 0.2) is 6.61 Å². The lowest BCUT2D eigenvalue weighted by Gasteiger charge is -2.13. The highest BCUT2D eigenvalue weighted by Crippen LogP contribution is 2.26. The molecule has 10 nitrogen and oxygen atoms in total. The molecule has 0 saturated heterocycles. The number of nitrogens with zero attached hydrogens (tertiary/aromatic N) is 1. The average molecular weight is 500 g/mol. The molecule has 0 unspecified atom stereocenters. The van der Waals surface area contributed by atoms with Crippen molar-refractivity contribution in [2.24, 2.45) is 0 Å². The van der Waals surface area contributed by atoms with Gasteiger partial charge in [-0.2, -0.15) is 0 Å². The van der Waals surface area contributed by atoms with Gasteiger partial charge < -0.3 is 14.8 Å². The van der Waals surface area contributed by atoms with E-state index < -0.39 is 20.9 Å². The Kier molecular flexibility index (Phi) is 7.92. The summed E-state index contributed by atoms with van der Waals surface area (Å²) in [5.41, 5.74) is 1.44. The molecule has 184 valence electrons. The normalized spacial score (nSPS) is 10.9. The summed E-state index contributed by atoms with van der Waals surface area (Å²) >= 11 is 0. The van der Waals surface area contributed by atoms with Gasteiger partial charge in [0.2, 0.25) is 0 Å². The quantitative estimate of drug-likeness (QED) is 0.311. The van der Waals surface area contributed by atoms with Crippen LogP contribution in [0, 0.1) is 24.0 Å². The third-order valence-corrected chi connectivity index (χ3v) is 6.39. The molecule has 2 N–H and O–H groups in total. The third-order valence-electron chi connectivity index (χ3n) is 5.01. The van der Waals surface area contributed by atoms with Crippen molar-refractivity contribution < 1.29 is 27.6 Å². The van der Waals surface area contributed by atoms with Crippen LogP contribution < -0.4 is 19.5 Å². The molecule has 0 atom stereocenters. The molecule has 3 rings (SSSR count). The van der Waals surface area contributed by atoms with Crippen molar-refractivity contribution in [2.45, 2.75) is 25.7 Å². The second kappa shape index (κ2) is 10.9. The molecule has 0 fully saturated rings. The summed E-state index contributed by atoms with van der Waals surface area (Å²) < 4.78 is 38.9. The Morgan fingerprint density at radius 2 is 1.74 bits per heavy atom. The van der Waals surface area contributed by atoms with Gasteiger partial charge in [-0.1, -0.05) is 6.07 Å². The molecule has 0 aliphatic carbocycles. The number of rotatable bonds is 10. The second-order valence-electron chi connectivity index (χ2n) is 7.53. The molecule has 3 aromatic carbocycles. The third kappa shape index (κ3) is 6.48. The highest BCUT2D eigenvalue weighted by Gasteiger charge is 2.18. The van der Waals surface area contributed by atoms with Gasteiger partial charge >= 0.3 is 0 Å². The van der Waals surface area contributed by atoms with Crippen molar-refractivity contribution in [3.05, 3.63) is 81.9 Å². The predicted molar refractivity (Wildman–Crippen MR) is 132 cm³/mol. The number of aryl methyl sites for hydroxylation is 1. The number of benzene rings is 3. The van der Waals surface area contributed by atoms with Crippen molar-refractivity contribution in [1.29, 1.82) is 0 Å². The fraction of sp³-hybridized carbons (Fsp3) is 0.208. The van der Waals surface area contributed by atoms with E-state index in [0.717, 1.165) is 0 Å². The summed E-state index contributed by atoms with van der Waals surface area (Å²) in [6.07, 6.45) is 0. The lowest BCUT2D eigenvalue weighted by Crippen LogP contribution is -2.21. The largest absolute Gasteiger partial charge is 0.494 e. The molecule has 0 aliphatic heterocycles. The van der Waals surface area contributed by atoms with Gasteiger partial charge in [0, 0.05) is 11.8 Å². The van der Waals surface area contributed by atoms with Crippen molar-refractivity contribution >= 4 is 33.0 Å². The van der Waals surface area contributed by atoms with E-state index in [-0.39, 0.29) is 17.2 Å². The minimum Gasteiger partial charge on any atom is -0.494 e. The van der Waals surface area contributed by atoms with Crippen LogP contribution in [0.25, 0.3) is 0 Å². The minimum absolute atomic E-state index is 0.0351. The molecule has 3 aromatic rings. The highest BCUT2D eigenvalue weighted by atomic mass is 32.2. The molecule has 0 spiro atoms. The first-order valence-electron chi connectivity index (χ1n) is 10.6. The Morgan fingerprint density at radius 3 is 2.37 bits per heavy atom. The van der Waals surface area contributed by atoms with E-state index in [1.165, 1.54) is 30.3 Å². The number of carbonyl (C=O) groups excluding carboxylic acids is 1. The number of hydrogen-bond donors (Lipinski definition) is 2. The summed E-state index contributed by atoms with van der Waals surface area (Å²) in [4.78, 5) is 22.9. The molecule has 0 saturated carbocycles. The van der Waals surface area contributed by atoms with Gasteiger partial charge in [-0.15, -0.1) is 0 Å². The van der Waals surface area contributed by atoms with Crippen molar-refractivity contribution in [3.63, 3.8) is 0 Å². The molecule has 0 bridgehead atoms. The SMILES string of the molecule is CCOc1ccc(NS(=O)(=O)c2ccc(OCC(=O)Nc3cccc([N+](=O)[O-])c3C)c(C)c2)cc1. The minimum atomic E-state index is -3.85. The molecule has 0 radical (unpaired) electrons. The Morgan fingerprint density at radius 1 is 1.03 bits per heavy atom. The Balaban J connectivity index is 1.64. The summed E-state index contributed by atoms with van der Waals surface area (Å²) in [6.45, 7) is 5.21. The number of ether oxygens (including phenoxy) is 2. The Hall–Kier alpha value is -4.12. The number of carbonyl (C=O) groups is 1. The number of nitrogens with one attached hydrogen (secondary N) is 2. The first kappa shape index (κ1) is 25.5. The predicted octanol–water partition coefficient (Wildman–Crippen LogP) is 4.43. The molecule has 1 amide bonds. The Labute approximate surface area is 203 Å².